The summed E-state index contributed by atoms with van der Waals surface area (Å²) in [5.74, 6) is -1.83. The van der Waals surface area contributed by atoms with Crippen LogP contribution in [0.25, 0.3) is 11.1 Å². The smallest absolute Gasteiger partial charge is 0.326 e. The maximum Gasteiger partial charge on any atom is 0.326 e. The second-order valence-electron chi connectivity index (χ2n) is 7.96. The fraction of sp³-hybridized carbons (Fsp3) is 0.375. The summed E-state index contributed by atoms with van der Waals surface area (Å²) in [5, 5.41) is 11.7. The summed E-state index contributed by atoms with van der Waals surface area (Å²) in [5.41, 5.74) is 1.76. The van der Waals surface area contributed by atoms with Crippen molar-refractivity contribution in [1.82, 2.24) is 5.32 Å². The minimum absolute atomic E-state index is 0.150. The van der Waals surface area contributed by atoms with Crippen LogP contribution in [0.15, 0.2) is 54.6 Å². The fourth-order valence-electron chi connectivity index (χ4n) is 4.16. The molecule has 5 nitrogen and oxygen atoms in total. The summed E-state index contributed by atoms with van der Waals surface area (Å²) in [7, 11) is 0. The van der Waals surface area contributed by atoms with Gasteiger partial charge >= 0.3 is 5.97 Å². The van der Waals surface area contributed by atoms with Crippen molar-refractivity contribution < 1.29 is 19.5 Å². The van der Waals surface area contributed by atoms with Crippen LogP contribution in [-0.2, 0) is 20.8 Å². The molecule has 158 valence electrons. The van der Waals surface area contributed by atoms with E-state index in [0.29, 0.717) is 12.8 Å². The lowest BCUT2D eigenvalue weighted by Crippen LogP contribution is -2.52. The first-order chi connectivity index (χ1) is 14.3. The zero-order valence-corrected chi connectivity index (χ0v) is 17.9. The van der Waals surface area contributed by atoms with Gasteiger partial charge < -0.3 is 10.4 Å². The first-order valence-corrected chi connectivity index (χ1v) is 10.8. The lowest BCUT2D eigenvalue weighted by molar-refractivity contribution is -0.147. The maximum atomic E-state index is 13.0. The number of carboxylic acids is 1. The highest BCUT2D eigenvalue weighted by Crippen LogP contribution is 2.41. The number of Topliss-reactive ketones (excluding diaryl/α,β-unsaturated/α-hetero) is 1. The minimum Gasteiger partial charge on any atom is -0.480 e. The van der Waals surface area contributed by atoms with Crippen molar-refractivity contribution in [2.45, 2.75) is 50.3 Å². The normalized spacial score (nSPS) is 17.1. The maximum absolute atomic E-state index is 13.0. The Morgan fingerprint density at radius 3 is 2.10 bits per heavy atom. The van der Waals surface area contributed by atoms with Gasteiger partial charge in [0.2, 0.25) is 5.91 Å². The zero-order valence-electron chi connectivity index (χ0n) is 17.0. The second-order valence-corrected chi connectivity index (χ2v) is 8.74. The van der Waals surface area contributed by atoms with Crippen molar-refractivity contribution >= 4 is 30.3 Å². The first kappa shape index (κ1) is 22.1. The molecule has 0 radical (unpaired) electrons. The number of carbonyl (C=O) groups excluding carboxylic acids is 2. The van der Waals surface area contributed by atoms with Crippen molar-refractivity contribution in [1.29, 1.82) is 0 Å². The predicted molar refractivity (Wildman–Crippen MR) is 120 cm³/mol. The van der Waals surface area contributed by atoms with E-state index in [1.165, 1.54) is 0 Å². The average Bonchev–Trinajstić information content (AvgIpc) is 3.25. The molecule has 2 aromatic carbocycles. The average molecular weight is 426 g/mol. The molecule has 2 N–H and O–H groups in total. The molecule has 1 saturated carbocycles. The van der Waals surface area contributed by atoms with Crippen LogP contribution in [0.1, 0.15) is 38.2 Å². The molecule has 0 spiro atoms. The van der Waals surface area contributed by atoms with Crippen molar-refractivity contribution in [3.05, 3.63) is 60.2 Å². The third-order valence-electron chi connectivity index (χ3n) is 5.85. The number of rotatable bonds is 8. The molecule has 30 heavy (non-hydrogen) atoms. The number of thiol groups is 1. The predicted octanol–water partition coefficient (Wildman–Crippen LogP) is 3.91. The molecular weight excluding hydrogens is 398 g/mol. The molecule has 0 saturated heterocycles. The molecule has 0 aromatic heterocycles. The fourth-order valence-corrected chi connectivity index (χ4v) is 4.41. The van der Waals surface area contributed by atoms with Gasteiger partial charge in [-0.05, 0) is 36.5 Å². The SMILES string of the molecule is C[C@H](S)C(=O)C1(C(=O)N[C@@H](Cc2ccc(-c3ccccc3)cc2)C(=O)O)CCCC1. The minimum atomic E-state index is -1.16. The molecule has 6 heteroatoms. The zero-order chi connectivity index (χ0) is 21.7. The standard InChI is InChI=1S/C24H27NO4S/c1-16(30)21(26)24(13-5-6-14-24)23(29)25-20(22(27)28)15-17-9-11-19(12-10-17)18-7-3-2-4-8-18/h2-4,7-12,16,20,30H,5-6,13-15H2,1H3,(H,25,29)(H,27,28)/t16-,20-/m0/s1. The van der Waals surface area contributed by atoms with Gasteiger partial charge in [0.05, 0.1) is 5.25 Å². The molecule has 0 heterocycles. The van der Waals surface area contributed by atoms with Gasteiger partial charge in [0.15, 0.2) is 5.78 Å². The molecule has 0 aliphatic heterocycles. The number of hydrogen-bond acceptors (Lipinski definition) is 4. The van der Waals surface area contributed by atoms with Gasteiger partial charge in [-0.15, -0.1) is 0 Å². The highest BCUT2D eigenvalue weighted by molar-refractivity contribution is 7.81. The van der Waals surface area contributed by atoms with E-state index in [4.69, 9.17) is 0 Å². The van der Waals surface area contributed by atoms with Gasteiger partial charge in [0.1, 0.15) is 11.5 Å². The third-order valence-corrected chi connectivity index (χ3v) is 6.08. The van der Waals surface area contributed by atoms with Gasteiger partial charge in [-0.25, -0.2) is 4.79 Å². The summed E-state index contributed by atoms with van der Waals surface area (Å²) in [6, 6.07) is 16.4. The number of amides is 1. The van der Waals surface area contributed by atoms with E-state index >= 15 is 0 Å². The molecule has 1 amide bonds. The van der Waals surface area contributed by atoms with Crippen LogP contribution in [-0.4, -0.2) is 34.1 Å². The molecule has 2 atom stereocenters. The quantitative estimate of drug-likeness (QED) is 0.442. The van der Waals surface area contributed by atoms with Crippen molar-refractivity contribution in [2.24, 2.45) is 5.41 Å². The van der Waals surface area contributed by atoms with Crippen LogP contribution in [0.2, 0.25) is 0 Å². The number of benzene rings is 2. The van der Waals surface area contributed by atoms with E-state index in [-0.39, 0.29) is 12.2 Å². The highest BCUT2D eigenvalue weighted by Gasteiger charge is 2.49. The van der Waals surface area contributed by atoms with Crippen LogP contribution >= 0.6 is 12.6 Å². The van der Waals surface area contributed by atoms with E-state index in [2.05, 4.69) is 17.9 Å². The lowest BCUT2D eigenvalue weighted by Gasteiger charge is -2.29. The molecular formula is C24H27NO4S. The van der Waals surface area contributed by atoms with Crippen molar-refractivity contribution in [3.63, 3.8) is 0 Å². The summed E-state index contributed by atoms with van der Waals surface area (Å²) >= 11 is 4.22. The highest BCUT2D eigenvalue weighted by atomic mass is 32.1. The summed E-state index contributed by atoms with van der Waals surface area (Å²) < 4.78 is 0. The van der Waals surface area contributed by atoms with Crippen LogP contribution in [0.3, 0.4) is 0 Å². The Balaban J connectivity index is 1.74. The summed E-state index contributed by atoms with van der Waals surface area (Å²) in [6.07, 6.45) is 2.59. The number of aliphatic carboxylic acids is 1. The molecule has 1 aliphatic carbocycles. The van der Waals surface area contributed by atoms with Crippen LogP contribution in [0.4, 0.5) is 0 Å². The molecule has 1 aliphatic rings. The molecule has 0 bridgehead atoms. The Kier molecular flexibility index (Phi) is 6.98. The Bertz CT molecular complexity index is 903. The summed E-state index contributed by atoms with van der Waals surface area (Å²) in [6.45, 7) is 1.65. The molecule has 0 unspecified atom stereocenters. The number of carbonyl (C=O) groups is 3. The van der Waals surface area contributed by atoms with Crippen molar-refractivity contribution in [3.8, 4) is 11.1 Å². The molecule has 1 fully saturated rings. The van der Waals surface area contributed by atoms with Crippen molar-refractivity contribution in [2.75, 3.05) is 0 Å². The largest absolute Gasteiger partial charge is 0.480 e. The Morgan fingerprint density at radius 1 is 1.00 bits per heavy atom. The Morgan fingerprint density at radius 2 is 1.57 bits per heavy atom. The van der Waals surface area contributed by atoms with E-state index < -0.39 is 28.6 Å². The van der Waals surface area contributed by atoms with Gasteiger partial charge in [0, 0.05) is 6.42 Å². The number of nitrogens with one attached hydrogen (secondary N) is 1. The first-order valence-electron chi connectivity index (χ1n) is 10.2. The van der Waals surface area contributed by atoms with Gasteiger partial charge in [-0.1, -0.05) is 67.4 Å². The molecule has 3 rings (SSSR count). The van der Waals surface area contributed by atoms with Gasteiger partial charge in [-0.3, -0.25) is 9.59 Å². The monoisotopic (exact) mass is 425 g/mol. The van der Waals surface area contributed by atoms with E-state index in [1.54, 1.807) is 6.92 Å². The van der Waals surface area contributed by atoms with Gasteiger partial charge in [0.25, 0.3) is 0 Å². The van der Waals surface area contributed by atoms with Crippen LogP contribution < -0.4 is 5.32 Å². The van der Waals surface area contributed by atoms with E-state index in [1.807, 2.05) is 54.6 Å². The van der Waals surface area contributed by atoms with Crippen LogP contribution in [0.5, 0.6) is 0 Å². The van der Waals surface area contributed by atoms with E-state index in [9.17, 15) is 19.5 Å². The topological polar surface area (TPSA) is 83.5 Å². The summed E-state index contributed by atoms with van der Waals surface area (Å²) in [4.78, 5) is 37.6. The van der Waals surface area contributed by atoms with Crippen LogP contribution in [0, 0.1) is 5.41 Å². The number of hydrogen-bond donors (Lipinski definition) is 3. The lowest BCUT2D eigenvalue weighted by atomic mass is 9.79. The second kappa shape index (κ2) is 9.47. The third kappa shape index (κ3) is 4.75. The Hall–Kier alpha value is -2.60. The number of carboxylic acid groups (broad SMARTS) is 1. The van der Waals surface area contributed by atoms with Gasteiger partial charge in [-0.2, -0.15) is 12.6 Å². The Labute approximate surface area is 182 Å². The molecule has 2 aromatic rings. The number of ketones is 1. The van der Waals surface area contributed by atoms with E-state index in [0.717, 1.165) is 29.5 Å².